The molecule has 0 aliphatic carbocycles. The van der Waals surface area contributed by atoms with Crippen molar-refractivity contribution >= 4 is 11.6 Å². The maximum atomic E-state index is 10.4. The molecule has 2 aromatic rings. The molecule has 0 radical (unpaired) electrons. The first-order valence-corrected chi connectivity index (χ1v) is 8.71. The number of benzene rings is 1. The molecule has 1 fully saturated rings. The zero-order valence-electron chi connectivity index (χ0n) is 14.2. The van der Waals surface area contributed by atoms with Crippen molar-refractivity contribution in [3.05, 3.63) is 52.2 Å². The Morgan fingerprint density at radius 1 is 1.17 bits per heavy atom. The van der Waals surface area contributed by atoms with Gasteiger partial charge in [0, 0.05) is 43.3 Å². The third-order valence-corrected chi connectivity index (χ3v) is 4.94. The Kier molecular flexibility index (Phi) is 5.56. The summed E-state index contributed by atoms with van der Waals surface area (Å²) in [5, 5.41) is 11.0. The molecule has 0 spiro atoms. The van der Waals surface area contributed by atoms with Crippen LogP contribution in [0.4, 0.5) is 0 Å². The minimum atomic E-state index is -0.553. The van der Waals surface area contributed by atoms with Gasteiger partial charge in [0.2, 0.25) is 5.89 Å². The van der Waals surface area contributed by atoms with Crippen molar-refractivity contribution in [3.63, 3.8) is 0 Å². The van der Waals surface area contributed by atoms with E-state index in [0.717, 1.165) is 55.6 Å². The van der Waals surface area contributed by atoms with E-state index in [4.69, 9.17) is 16.0 Å². The summed E-state index contributed by atoms with van der Waals surface area (Å²) in [4.78, 5) is 9.06. The number of aromatic nitrogens is 1. The van der Waals surface area contributed by atoms with Crippen LogP contribution >= 0.6 is 11.6 Å². The van der Waals surface area contributed by atoms with E-state index in [1.807, 2.05) is 38.1 Å². The van der Waals surface area contributed by atoms with E-state index in [1.54, 1.807) is 0 Å². The summed E-state index contributed by atoms with van der Waals surface area (Å²) < 4.78 is 5.66. The largest absolute Gasteiger partial charge is 0.444 e. The second kappa shape index (κ2) is 7.66. The fourth-order valence-electron chi connectivity index (χ4n) is 3.02. The van der Waals surface area contributed by atoms with Gasteiger partial charge < -0.3 is 9.52 Å². The molecule has 1 aromatic heterocycles. The number of nitrogens with zero attached hydrogens (tertiary/aromatic N) is 3. The third-order valence-electron chi connectivity index (χ3n) is 4.59. The van der Waals surface area contributed by atoms with E-state index < -0.39 is 6.10 Å². The molecule has 1 aliphatic heterocycles. The van der Waals surface area contributed by atoms with Crippen LogP contribution in [0.5, 0.6) is 0 Å². The lowest BCUT2D eigenvalue weighted by Crippen LogP contribution is -2.47. The first-order valence-electron chi connectivity index (χ1n) is 8.33. The minimum absolute atomic E-state index is 0.553. The average Bonchev–Trinajstić information content (AvgIpc) is 2.87. The lowest BCUT2D eigenvalue weighted by molar-refractivity contribution is 0.0671. The van der Waals surface area contributed by atoms with E-state index in [2.05, 4.69) is 14.8 Å². The van der Waals surface area contributed by atoms with Crippen LogP contribution in [0.1, 0.15) is 29.0 Å². The Bertz CT molecular complexity index is 661. The summed E-state index contributed by atoms with van der Waals surface area (Å²) in [6, 6.07) is 7.49. The van der Waals surface area contributed by atoms with E-state index in [1.165, 1.54) is 0 Å². The summed E-state index contributed by atoms with van der Waals surface area (Å²) in [6.07, 6.45) is -0.553. The van der Waals surface area contributed by atoms with Crippen molar-refractivity contribution < 1.29 is 9.52 Å². The molecule has 0 unspecified atom stereocenters. The van der Waals surface area contributed by atoms with Crippen molar-refractivity contribution in [2.24, 2.45) is 0 Å². The van der Waals surface area contributed by atoms with Gasteiger partial charge in [-0.15, -0.1) is 0 Å². The Balaban J connectivity index is 1.49. The van der Waals surface area contributed by atoms with Crippen LogP contribution in [0.3, 0.4) is 0 Å². The van der Waals surface area contributed by atoms with Crippen LogP contribution < -0.4 is 0 Å². The van der Waals surface area contributed by atoms with Gasteiger partial charge in [-0.1, -0.05) is 29.8 Å². The van der Waals surface area contributed by atoms with Crippen LogP contribution in [0.15, 0.2) is 28.7 Å². The lowest BCUT2D eigenvalue weighted by Gasteiger charge is -2.35. The molecule has 1 saturated heterocycles. The molecule has 24 heavy (non-hydrogen) atoms. The number of β-amino-alcohol motifs (C(OH)–C–C–N with tert-alkyl or cyclic N) is 1. The fraction of sp³-hybridized carbons (Fsp3) is 0.500. The molecule has 3 rings (SSSR count). The highest BCUT2D eigenvalue weighted by atomic mass is 35.5. The van der Waals surface area contributed by atoms with E-state index in [-0.39, 0.29) is 0 Å². The zero-order valence-corrected chi connectivity index (χ0v) is 15.0. The smallest absolute Gasteiger partial charge is 0.208 e. The first kappa shape index (κ1) is 17.4. The van der Waals surface area contributed by atoms with Crippen LogP contribution in [0.2, 0.25) is 5.02 Å². The van der Waals surface area contributed by atoms with Gasteiger partial charge in [-0.2, -0.15) is 0 Å². The second-order valence-electron chi connectivity index (χ2n) is 6.36. The number of oxazole rings is 1. The van der Waals surface area contributed by atoms with Crippen LogP contribution in [0.25, 0.3) is 0 Å². The number of piperazine rings is 1. The molecule has 2 heterocycles. The number of rotatable bonds is 5. The number of halogens is 1. The summed E-state index contributed by atoms with van der Waals surface area (Å²) in [7, 11) is 0. The van der Waals surface area contributed by atoms with Crippen molar-refractivity contribution in [2.45, 2.75) is 26.5 Å². The summed E-state index contributed by atoms with van der Waals surface area (Å²) in [5.41, 5.74) is 1.76. The third kappa shape index (κ3) is 4.16. The van der Waals surface area contributed by atoms with Gasteiger partial charge in [-0.3, -0.25) is 9.80 Å². The number of hydrogen-bond acceptors (Lipinski definition) is 5. The molecule has 0 bridgehead atoms. The second-order valence-corrected chi connectivity index (χ2v) is 6.77. The molecule has 1 aliphatic rings. The van der Waals surface area contributed by atoms with Gasteiger partial charge in [0.25, 0.3) is 0 Å². The zero-order chi connectivity index (χ0) is 17.1. The quantitative estimate of drug-likeness (QED) is 0.899. The van der Waals surface area contributed by atoms with E-state index in [9.17, 15) is 5.11 Å². The van der Waals surface area contributed by atoms with Gasteiger partial charge in [0.15, 0.2) is 0 Å². The molecule has 1 atom stereocenters. The highest BCUT2D eigenvalue weighted by Gasteiger charge is 2.22. The van der Waals surface area contributed by atoms with Gasteiger partial charge in [-0.05, 0) is 19.9 Å². The normalized spacial score (nSPS) is 18.0. The summed E-state index contributed by atoms with van der Waals surface area (Å²) in [6.45, 7) is 8.98. The molecular weight excluding hydrogens is 326 g/mol. The molecule has 6 heteroatoms. The number of hydrogen-bond donors (Lipinski definition) is 1. The molecule has 0 amide bonds. The fourth-order valence-corrected chi connectivity index (χ4v) is 3.28. The minimum Gasteiger partial charge on any atom is -0.444 e. The van der Waals surface area contributed by atoms with Crippen LogP contribution in [0, 0.1) is 13.8 Å². The van der Waals surface area contributed by atoms with Gasteiger partial charge in [0.05, 0.1) is 18.3 Å². The first-order chi connectivity index (χ1) is 11.5. The maximum Gasteiger partial charge on any atom is 0.208 e. The van der Waals surface area contributed by atoms with Gasteiger partial charge in [-0.25, -0.2) is 4.98 Å². The Morgan fingerprint density at radius 3 is 2.46 bits per heavy atom. The van der Waals surface area contributed by atoms with E-state index >= 15 is 0 Å². The highest BCUT2D eigenvalue weighted by Crippen LogP contribution is 2.23. The van der Waals surface area contributed by atoms with Crippen molar-refractivity contribution in [2.75, 3.05) is 32.7 Å². The summed E-state index contributed by atoms with van der Waals surface area (Å²) >= 11 is 6.16. The molecule has 1 N–H and O–H groups in total. The highest BCUT2D eigenvalue weighted by molar-refractivity contribution is 6.31. The van der Waals surface area contributed by atoms with Crippen LogP contribution in [-0.2, 0) is 6.54 Å². The van der Waals surface area contributed by atoms with E-state index in [0.29, 0.717) is 11.6 Å². The van der Waals surface area contributed by atoms with Crippen molar-refractivity contribution in [3.8, 4) is 0 Å². The van der Waals surface area contributed by atoms with Crippen molar-refractivity contribution in [1.29, 1.82) is 0 Å². The molecule has 1 aromatic carbocycles. The maximum absolute atomic E-state index is 10.4. The molecule has 0 saturated carbocycles. The predicted octanol–water partition coefficient (Wildman–Crippen LogP) is 2.80. The standard InChI is InChI=1S/C18H24ClN3O2/c1-13-14(2)24-18(20-13)12-22-9-7-21(8-10-22)11-17(23)15-5-3-4-6-16(15)19/h3-6,17,23H,7-12H2,1-2H3/t17-/m0/s1. The number of aliphatic hydroxyl groups is 1. The van der Waals surface area contributed by atoms with Crippen molar-refractivity contribution in [1.82, 2.24) is 14.8 Å². The lowest BCUT2D eigenvalue weighted by atomic mass is 10.1. The molecular formula is C18H24ClN3O2. The topological polar surface area (TPSA) is 52.7 Å². The summed E-state index contributed by atoms with van der Waals surface area (Å²) in [5.74, 6) is 1.68. The van der Waals surface area contributed by atoms with Gasteiger partial charge >= 0.3 is 0 Å². The van der Waals surface area contributed by atoms with Gasteiger partial charge in [0.1, 0.15) is 5.76 Å². The number of aliphatic hydroxyl groups excluding tert-OH is 1. The average molecular weight is 350 g/mol. The Hall–Kier alpha value is -1.40. The SMILES string of the molecule is Cc1nc(CN2CCN(C[C@H](O)c3ccccc3Cl)CC2)oc1C. The molecule has 5 nitrogen and oxygen atoms in total. The monoisotopic (exact) mass is 349 g/mol. The number of aryl methyl sites for hydroxylation is 2. The van der Waals surface area contributed by atoms with Crippen LogP contribution in [-0.4, -0.2) is 52.6 Å². The Morgan fingerprint density at radius 2 is 1.83 bits per heavy atom. The predicted molar refractivity (Wildman–Crippen MR) is 94.1 cm³/mol. The molecule has 130 valence electrons. The Labute approximate surface area is 147 Å².